The second-order valence-electron chi connectivity index (χ2n) is 3.67. The fourth-order valence-corrected chi connectivity index (χ4v) is 2.62. The van der Waals surface area contributed by atoms with Gasteiger partial charge in [-0.1, -0.05) is 28.1 Å². The van der Waals surface area contributed by atoms with Gasteiger partial charge < -0.3 is 5.32 Å². The summed E-state index contributed by atoms with van der Waals surface area (Å²) in [6, 6.07) is 0. The summed E-state index contributed by atoms with van der Waals surface area (Å²) in [4.78, 5) is 15.9. The first kappa shape index (κ1) is 11.9. The van der Waals surface area contributed by atoms with Crippen LogP contribution in [0.5, 0.6) is 0 Å². The molecule has 1 fully saturated rings. The molecule has 1 saturated heterocycles. The van der Waals surface area contributed by atoms with E-state index in [0.29, 0.717) is 0 Å². The number of amidine groups is 1. The number of carbonyl (C=O) groups is 1. The van der Waals surface area contributed by atoms with E-state index in [0.717, 1.165) is 35.7 Å². The van der Waals surface area contributed by atoms with E-state index in [4.69, 9.17) is 0 Å². The molecule has 0 aromatic carbocycles. The quantitative estimate of drug-likeness (QED) is 0.756. The van der Waals surface area contributed by atoms with Gasteiger partial charge in [0.05, 0.1) is 9.86 Å². The number of fused-ring (bicyclic) bond motifs is 1. The van der Waals surface area contributed by atoms with Crippen LogP contribution in [0.1, 0.15) is 19.3 Å². The Bertz CT molecular complexity index is 401. The first-order chi connectivity index (χ1) is 7.70. The molecule has 0 bridgehead atoms. The molecule has 86 valence electrons. The highest BCUT2D eigenvalue weighted by Crippen LogP contribution is 2.25. The number of alkyl halides is 1. The van der Waals surface area contributed by atoms with Crippen LogP contribution in [-0.2, 0) is 4.79 Å². The van der Waals surface area contributed by atoms with E-state index in [-0.39, 0.29) is 10.7 Å². The molecule has 2 heterocycles. The van der Waals surface area contributed by atoms with Crippen molar-refractivity contribution in [3.8, 4) is 0 Å². The molecule has 0 spiro atoms. The normalized spacial score (nSPS) is 25.5. The van der Waals surface area contributed by atoms with Crippen molar-refractivity contribution < 1.29 is 4.79 Å². The number of thioether (sulfide) groups is 1. The molecule has 3 nitrogen and oxygen atoms in total. The predicted molar refractivity (Wildman–Crippen MR) is 71.8 cm³/mol. The summed E-state index contributed by atoms with van der Waals surface area (Å²) in [7, 11) is 0. The SMILES string of the molecule is CSC1=CCCC=C2CC(Br)C(=O)NC2=N1. The van der Waals surface area contributed by atoms with Crippen molar-refractivity contribution in [3.63, 3.8) is 0 Å². The molecule has 0 aliphatic carbocycles. The van der Waals surface area contributed by atoms with Crippen LogP contribution >= 0.6 is 27.7 Å². The zero-order chi connectivity index (χ0) is 11.5. The number of piperidine rings is 1. The number of aliphatic imine (C=N–C) groups is 1. The van der Waals surface area contributed by atoms with Crippen LogP contribution in [0.15, 0.2) is 27.7 Å². The summed E-state index contributed by atoms with van der Waals surface area (Å²) >= 11 is 4.97. The van der Waals surface area contributed by atoms with Gasteiger partial charge in [-0.3, -0.25) is 4.79 Å². The molecule has 16 heavy (non-hydrogen) atoms. The van der Waals surface area contributed by atoms with Gasteiger partial charge in [0.1, 0.15) is 5.84 Å². The van der Waals surface area contributed by atoms with Crippen LogP contribution in [0.2, 0.25) is 0 Å². The molecule has 1 atom stereocenters. The maximum absolute atomic E-state index is 11.5. The molecule has 1 N–H and O–H groups in total. The van der Waals surface area contributed by atoms with Gasteiger partial charge >= 0.3 is 0 Å². The molecule has 2 aliphatic heterocycles. The van der Waals surface area contributed by atoms with Crippen molar-refractivity contribution in [3.05, 3.63) is 22.8 Å². The largest absolute Gasteiger partial charge is 0.309 e. The Labute approximate surface area is 108 Å². The molecule has 0 aromatic rings. The van der Waals surface area contributed by atoms with Crippen molar-refractivity contribution in [2.75, 3.05) is 6.26 Å². The van der Waals surface area contributed by atoms with Crippen LogP contribution in [-0.4, -0.2) is 22.8 Å². The molecule has 1 unspecified atom stereocenters. The van der Waals surface area contributed by atoms with Gasteiger partial charge in [0.15, 0.2) is 0 Å². The molecular weight excluding hydrogens is 288 g/mol. The fourth-order valence-electron chi connectivity index (χ4n) is 1.69. The number of hydrogen-bond donors (Lipinski definition) is 1. The van der Waals surface area contributed by atoms with Crippen LogP contribution < -0.4 is 5.32 Å². The third-order valence-corrected chi connectivity index (χ3v) is 3.95. The number of amides is 1. The van der Waals surface area contributed by atoms with Crippen LogP contribution in [0.3, 0.4) is 0 Å². The Morgan fingerprint density at radius 2 is 2.25 bits per heavy atom. The highest BCUT2D eigenvalue weighted by atomic mass is 79.9. The van der Waals surface area contributed by atoms with Gasteiger partial charge in [0.25, 0.3) is 0 Å². The van der Waals surface area contributed by atoms with Gasteiger partial charge in [-0.15, -0.1) is 11.8 Å². The summed E-state index contributed by atoms with van der Waals surface area (Å²) in [5.74, 6) is 0.720. The van der Waals surface area contributed by atoms with E-state index in [9.17, 15) is 4.79 Å². The number of rotatable bonds is 1. The first-order valence-corrected chi connectivity index (χ1v) is 7.32. The van der Waals surface area contributed by atoms with E-state index in [1.807, 2.05) is 6.26 Å². The van der Waals surface area contributed by atoms with E-state index < -0.39 is 0 Å². The zero-order valence-corrected chi connectivity index (χ0v) is 11.4. The third kappa shape index (κ3) is 2.58. The average molecular weight is 301 g/mol. The summed E-state index contributed by atoms with van der Waals surface area (Å²) in [5.41, 5.74) is 1.14. The smallest absolute Gasteiger partial charge is 0.239 e. The number of allylic oxidation sites excluding steroid dienone is 2. The molecule has 0 saturated carbocycles. The first-order valence-electron chi connectivity index (χ1n) is 5.18. The summed E-state index contributed by atoms with van der Waals surface area (Å²) in [6.45, 7) is 0. The standard InChI is InChI=1S/C11H13BrN2OS/c1-16-9-5-3-2-4-7-6-8(12)11(15)14-10(7)13-9/h4-5,8H,2-3,6H2,1H3,(H,13,14,15). The lowest BCUT2D eigenvalue weighted by Crippen LogP contribution is -2.43. The van der Waals surface area contributed by atoms with Gasteiger partial charge in [-0.25, -0.2) is 4.99 Å². The van der Waals surface area contributed by atoms with Crippen LogP contribution in [0, 0.1) is 0 Å². The van der Waals surface area contributed by atoms with Gasteiger partial charge in [0.2, 0.25) is 5.91 Å². The van der Waals surface area contributed by atoms with Crippen molar-refractivity contribution in [1.82, 2.24) is 5.32 Å². The Morgan fingerprint density at radius 3 is 3.00 bits per heavy atom. The maximum Gasteiger partial charge on any atom is 0.239 e. The van der Waals surface area contributed by atoms with E-state index in [2.05, 4.69) is 38.4 Å². The van der Waals surface area contributed by atoms with Gasteiger partial charge in [-0.05, 0) is 31.1 Å². The second-order valence-corrected chi connectivity index (χ2v) is 5.61. The zero-order valence-electron chi connectivity index (χ0n) is 9.00. The number of hydrogen-bond acceptors (Lipinski definition) is 3. The average Bonchev–Trinajstić information content (AvgIpc) is 2.25. The van der Waals surface area contributed by atoms with Gasteiger partial charge in [0, 0.05) is 0 Å². The van der Waals surface area contributed by atoms with Crippen molar-refractivity contribution in [2.24, 2.45) is 4.99 Å². The Hall–Kier alpha value is -0.550. The number of nitrogens with zero attached hydrogens (tertiary/aromatic N) is 1. The molecule has 2 aliphatic rings. The van der Waals surface area contributed by atoms with E-state index in [1.54, 1.807) is 11.8 Å². The molecule has 5 heteroatoms. The lowest BCUT2D eigenvalue weighted by molar-refractivity contribution is -0.119. The second kappa shape index (κ2) is 5.19. The molecule has 1 amide bonds. The fraction of sp³-hybridized carbons (Fsp3) is 0.455. The Balaban J connectivity index is 2.31. The highest BCUT2D eigenvalue weighted by molar-refractivity contribution is 9.10. The summed E-state index contributed by atoms with van der Waals surface area (Å²) in [5, 5.41) is 3.82. The maximum atomic E-state index is 11.5. The molecular formula is C11H13BrN2OS. The predicted octanol–water partition coefficient (Wildman–Crippen LogP) is 2.59. The van der Waals surface area contributed by atoms with Gasteiger partial charge in [-0.2, -0.15) is 0 Å². The highest BCUT2D eigenvalue weighted by Gasteiger charge is 2.27. The summed E-state index contributed by atoms with van der Waals surface area (Å²) in [6.07, 6.45) is 9.02. The third-order valence-electron chi connectivity index (χ3n) is 2.54. The minimum Gasteiger partial charge on any atom is -0.309 e. The lowest BCUT2D eigenvalue weighted by atomic mass is 10.0. The van der Waals surface area contributed by atoms with Crippen molar-refractivity contribution in [1.29, 1.82) is 0 Å². The number of halogens is 1. The topological polar surface area (TPSA) is 41.5 Å². The molecule has 0 radical (unpaired) electrons. The van der Waals surface area contributed by atoms with Crippen molar-refractivity contribution >= 4 is 39.4 Å². The Morgan fingerprint density at radius 1 is 1.50 bits per heavy atom. The molecule has 2 rings (SSSR count). The van der Waals surface area contributed by atoms with E-state index in [1.165, 1.54) is 0 Å². The van der Waals surface area contributed by atoms with E-state index >= 15 is 0 Å². The number of carbonyl (C=O) groups excluding carboxylic acids is 1. The van der Waals surface area contributed by atoms with Crippen LogP contribution in [0.4, 0.5) is 0 Å². The minimum atomic E-state index is -0.126. The monoisotopic (exact) mass is 300 g/mol. The minimum absolute atomic E-state index is 0.00285. The van der Waals surface area contributed by atoms with Crippen LogP contribution in [0.25, 0.3) is 0 Å². The summed E-state index contributed by atoms with van der Waals surface area (Å²) < 4.78 is 0. The number of nitrogens with one attached hydrogen (secondary N) is 1. The Kier molecular flexibility index (Phi) is 3.86. The lowest BCUT2D eigenvalue weighted by Gasteiger charge is -2.23. The van der Waals surface area contributed by atoms with Crippen molar-refractivity contribution in [2.45, 2.75) is 24.1 Å². The molecule has 0 aromatic heterocycles.